The summed E-state index contributed by atoms with van der Waals surface area (Å²) in [7, 11) is 0. The summed E-state index contributed by atoms with van der Waals surface area (Å²) >= 11 is 0. The van der Waals surface area contributed by atoms with Crippen LogP contribution in [0.2, 0.25) is 0 Å². The van der Waals surface area contributed by atoms with Gasteiger partial charge in [-0.1, -0.05) is 25.0 Å². The molecule has 1 aromatic carbocycles. The molecular weight excluding hydrogens is 256 g/mol. The van der Waals surface area contributed by atoms with E-state index < -0.39 is 0 Å². The topological polar surface area (TPSA) is 29.3 Å². The fraction of sp³-hybridized carbons (Fsp3) is 0.684. The van der Waals surface area contributed by atoms with Crippen molar-refractivity contribution in [1.82, 2.24) is 0 Å². The third-order valence-corrected chi connectivity index (χ3v) is 5.65. The quantitative estimate of drug-likeness (QED) is 0.908. The highest BCUT2D eigenvalue weighted by molar-refractivity contribution is 5.55. The zero-order valence-electron chi connectivity index (χ0n) is 13.7. The molecule has 0 bridgehead atoms. The standard InChI is InChI=1S/C19H30N2/c1-15-13-17(14-16(2)20)5-6-18(15)21-11-9-19(10-12-21)7-3-4-8-19/h5-6,13,16H,3-4,7-12,14,20H2,1-2H3. The highest BCUT2D eigenvalue weighted by atomic mass is 15.1. The predicted molar refractivity (Wildman–Crippen MR) is 90.9 cm³/mol. The number of benzene rings is 1. The normalized spacial score (nSPS) is 22.7. The van der Waals surface area contributed by atoms with E-state index in [1.807, 2.05) is 0 Å². The van der Waals surface area contributed by atoms with Crippen molar-refractivity contribution in [1.29, 1.82) is 0 Å². The Morgan fingerprint density at radius 1 is 1.14 bits per heavy atom. The zero-order valence-corrected chi connectivity index (χ0v) is 13.7. The summed E-state index contributed by atoms with van der Waals surface area (Å²) in [5.74, 6) is 0. The lowest BCUT2D eigenvalue weighted by Crippen LogP contribution is -2.39. The van der Waals surface area contributed by atoms with Crippen LogP contribution in [-0.4, -0.2) is 19.1 Å². The van der Waals surface area contributed by atoms with Gasteiger partial charge in [-0.25, -0.2) is 0 Å². The van der Waals surface area contributed by atoms with E-state index in [2.05, 4.69) is 36.9 Å². The van der Waals surface area contributed by atoms with Crippen LogP contribution in [0, 0.1) is 12.3 Å². The molecule has 116 valence electrons. The molecule has 2 nitrogen and oxygen atoms in total. The first kappa shape index (κ1) is 14.9. The van der Waals surface area contributed by atoms with E-state index in [0.717, 1.165) is 6.42 Å². The van der Waals surface area contributed by atoms with Crippen molar-refractivity contribution in [2.45, 2.75) is 64.8 Å². The summed E-state index contributed by atoms with van der Waals surface area (Å²) in [5.41, 5.74) is 10.8. The van der Waals surface area contributed by atoms with Crippen LogP contribution in [0.25, 0.3) is 0 Å². The van der Waals surface area contributed by atoms with Gasteiger partial charge < -0.3 is 10.6 Å². The third-order valence-electron chi connectivity index (χ3n) is 5.65. The average Bonchev–Trinajstić information content (AvgIpc) is 2.88. The highest BCUT2D eigenvalue weighted by Gasteiger charge is 2.37. The van der Waals surface area contributed by atoms with E-state index >= 15 is 0 Å². The van der Waals surface area contributed by atoms with Crippen molar-refractivity contribution in [3.63, 3.8) is 0 Å². The van der Waals surface area contributed by atoms with Crippen molar-refractivity contribution >= 4 is 5.69 Å². The molecule has 2 aliphatic rings. The molecular formula is C19H30N2. The maximum absolute atomic E-state index is 5.91. The van der Waals surface area contributed by atoms with Crippen molar-refractivity contribution in [2.75, 3.05) is 18.0 Å². The first-order chi connectivity index (χ1) is 10.1. The minimum atomic E-state index is 0.243. The Morgan fingerprint density at radius 2 is 1.81 bits per heavy atom. The van der Waals surface area contributed by atoms with Gasteiger partial charge in [0.1, 0.15) is 0 Å². The van der Waals surface area contributed by atoms with Crippen LogP contribution in [0.4, 0.5) is 5.69 Å². The molecule has 3 rings (SSSR count). The minimum Gasteiger partial charge on any atom is -0.371 e. The molecule has 1 aliphatic heterocycles. The summed E-state index contributed by atoms with van der Waals surface area (Å²) in [5, 5.41) is 0. The molecule has 1 atom stereocenters. The van der Waals surface area contributed by atoms with Gasteiger partial charge in [0.05, 0.1) is 0 Å². The molecule has 0 aromatic heterocycles. The number of nitrogens with two attached hydrogens (primary N) is 1. The molecule has 0 amide bonds. The smallest absolute Gasteiger partial charge is 0.0396 e. The number of hydrogen-bond acceptors (Lipinski definition) is 2. The van der Waals surface area contributed by atoms with Crippen LogP contribution in [0.15, 0.2) is 18.2 Å². The second-order valence-corrected chi connectivity index (χ2v) is 7.50. The number of hydrogen-bond donors (Lipinski definition) is 1. The van der Waals surface area contributed by atoms with E-state index in [1.165, 1.54) is 68.4 Å². The molecule has 1 heterocycles. The first-order valence-electron chi connectivity index (χ1n) is 8.68. The van der Waals surface area contributed by atoms with Crippen LogP contribution >= 0.6 is 0 Å². The monoisotopic (exact) mass is 286 g/mol. The number of aryl methyl sites for hydroxylation is 1. The van der Waals surface area contributed by atoms with Gasteiger partial charge in [-0.15, -0.1) is 0 Å². The predicted octanol–water partition coefficient (Wildman–Crippen LogP) is 4.05. The summed E-state index contributed by atoms with van der Waals surface area (Å²) in [6.45, 7) is 6.82. The summed E-state index contributed by atoms with van der Waals surface area (Å²) in [6, 6.07) is 7.16. The molecule has 1 saturated heterocycles. The Labute approximate surface area is 129 Å². The van der Waals surface area contributed by atoms with Crippen LogP contribution in [0.3, 0.4) is 0 Å². The van der Waals surface area contributed by atoms with Crippen molar-refractivity contribution in [3.05, 3.63) is 29.3 Å². The number of nitrogens with zero attached hydrogens (tertiary/aromatic N) is 1. The fourth-order valence-electron chi connectivity index (χ4n) is 4.42. The van der Waals surface area contributed by atoms with Gasteiger partial charge in [-0.2, -0.15) is 0 Å². The SMILES string of the molecule is Cc1cc(CC(C)N)ccc1N1CCC2(CCCC2)CC1. The molecule has 1 aromatic rings. The van der Waals surface area contributed by atoms with Crippen molar-refractivity contribution in [3.8, 4) is 0 Å². The Bertz CT molecular complexity index is 476. The first-order valence-corrected chi connectivity index (χ1v) is 8.68. The van der Waals surface area contributed by atoms with Gasteiger partial charge in [0.2, 0.25) is 0 Å². The highest BCUT2D eigenvalue weighted by Crippen LogP contribution is 2.46. The summed E-state index contributed by atoms with van der Waals surface area (Å²) in [6.07, 6.45) is 9.66. The average molecular weight is 286 g/mol. The zero-order chi connectivity index (χ0) is 14.9. The number of piperidine rings is 1. The number of anilines is 1. The molecule has 1 saturated carbocycles. The Morgan fingerprint density at radius 3 is 2.38 bits per heavy atom. The lowest BCUT2D eigenvalue weighted by Gasteiger charge is -2.41. The summed E-state index contributed by atoms with van der Waals surface area (Å²) < 4.78 is 0. The minimum absolute atomic E-state index is 0.243. The lowest BCUT2D eigenvalue weighted by molar-refractivity contribution is 0.226. The summed E-state index contributed by atoms with van der Waals surface area (Å²) in [4.78, 5) is 2.61. The maximum Gasteiger partial charge on any atom is 0.0396 e. The van der Waals surface area contributed by atoms with Crippen LogP contribution in [0.1, 0.15) is 56.6 Å². The third kappa shape index (κ3) is 3.26. The van der Waals surface area contributed by atoms with E-state index in [1.54, 1.807) is 0 Å². The van der Waals surface area contributed by atoms with Crippen molar-refractivity contribution in [2.24, 2.45) is 11.1 Å². The van der Waals surface area contributed by atoms with E-state index in [0.29, 0.717) is 5.41 Å². The molecule has 2 N–H and O–H groups in total. The molecule has 2 fully saturated rings. The van der Waals surface area contributed by atoms with Crippen LogP contribution in [0.5, 0.6) is 0 Å². The van der Waals surface area contributed by atoms with Gasteiger partial charge in [0.15, 0.2) is 0 Å². The molecule has 1 spiro atoms. The van der Waals surface area contributed by atoms with Crippen LogP contribution in [-0.2, 0) is 6.42 Å². The fourth-order valence-corrected chi connectivity index (χ4v) is 4.42. The van der Waals surface area contributed by atoms with Gasteiger partial charge >= 0.3 is 0 Å². The van der Waals surface area contributed by atoms with Crippen molar-refractivity contribution < 1.29 is 0 Å². The molecule has 21 heavy (non-hydrogen) atoms. The lowest BCUT2D eigenvalue weighted by atomic mass is 9.77. The Balaban J connectivity index is 1.67. The Hall–Kier alpha value is -1.02. The van der Waals surface area contributed by atoms with Gasteiger partial charge in [0.25, 0.3) is 0 Å². The van der Waals surface area contributed by atoms with Gasteiger partial charge in [-0.3, -0.25) is 0 Å². The van der Waals surface area contributed by atoms with E-state index in [-0.39, 0.29) is 6.04 Å². The van der Waals surface area contributed by atoms with Gasteiger partial charge in [-0.05, 0) is 68.6 Å². The molecule has 2 heteroatoms. The van der Waals surface area contributed by atoms with Gasteiger partial charge in [0, 0.05) is 24.8 Å². The van der Waals surface area contributed by atoms with Crippen LogP contribution < -0.4 is 10.6 Å². The van der Waals surface area contributed by atoms with E-state index in [4.69, 9.17) is 5.73 Å². The number of rotatable bonds is 3. The Kier molecular flexibility index (Phi) is 4.26. The molecule has 1 aliphatic carbocycles. The second kappa shape index (κ2) is 6.00. The largest absolute Gasteiger partial charge is 0.371 e. The maximum atomic E-state index is 5.91. The molecule has 1 unspecified atom stereocenters. The second-order valence-electron chi connectivity index (χ2n) is 7.50. The molecule has 0 radical (unpaired) electrons. The van der Waals surface area contributed by atoms with E-state index in [9.17, 15) is 0 Å².